The first-order valence-electron chi connectivity index (χ1n) is 8.28. The van der Waals surface area contributed by atoms with Crippen LogP contribution in [-0.4, -0.2) is 30.5 Å². The van der Waals surface area contributed by atoms with E-state index in [-0.39, 0.29) is 18.1 Å². The molecule has 0 bridgehead atoms. The fraction of sp³-hybridized carbons (Fsp3) is 0.316. The van der Waals surface area contributed by atoms with Crippen LogP contribution in [0.3, 0.4) is 0 Å². The van der Waals surface area contributed by atoms with Gasteiger partial charge in [0.2, 0.25) is 5.91 Å². The van der Waals surface area contributed by atoms with Crippen molar-refractivity contribution in [2.45, 2.75) is 25.0 Å². The summed E-state index contributed by atoms with van der Waals surface area (Å²) in [7, 11) is 1.66. The molecular weight excluding hydrogens is 404 g/mol. The SMILES string of the molecule is COc1ccc(Br)cc1C1N(c2cccc(Cl)c2)C(=O)C2CCCN21. The third-order valence-electron chi connectivity index (χ3n) is 4.93. The van der Waals surface area contributed by atoms with Crippen LogP contribution in [0, 0.1) is 0 Å². The van der Waals surface area contributed by atoms with Crippen molar-refractivity contribution < 1.29 is 9.53 Å². The van der Waals surface area contributed by atoms with E-state index in [0.29, 0.717) is 5.02 Å². The van der Waals surface area contributed by atoms with Gasteiger partial charge in [-0.15, -0.1) is 0 Å². The zero-order valence-corrected chi connectivity index (χ0v) is 16.1. The minimum absolute atomic E-state index is 0.0762. The van der Waals surface area contributed by atoms with Crippen LogP contribution in [0.4, 0.5) is 5.69 Å². The van der Waals surface area contributed by atoms with Gasteiger partial charge in [0, 0.05) is 27.3 Å². The van der Waals surface area contributed by atoms with Crippen molar-refractivity contribution in [3.63, 3.8) is 0 Å². The molecular formula is C19H18BrClN2O2. The molecule has 2 saturated heterocycles. The maximum atomic E-state index is 13.2. The van der Waals surface area contributed by atoms with Crippen molar-refractivity contribution in [3.8, 4) is 5.75 Å². The Morgan fingerprint density at radius 3 is 2.84 bits per heavy atom. The van der Waals surface area contributed by atoms with E-state index in [9.17, 15) is 4.79 Å². The van der Waals surface area contributed by atoms with Gasteiger partial charge in [0.15, 0.2) is 0 Å². The van der Waals surface area contributed by atoms with Crippen LogP contribution in [0.25, 0.3) is 0 Å². The average molecular weight is 422 g/mol. The fourth-order valence-corrected chi connectivity index (χ4v) is 4.46. The van der Waals surface area contributed by atoms with Gasteiger partial charge in [-0.1, -0.05) is 33.6 Å². The zero-order chi connectivity index (χ0) is 17.6. The number of halogens is 2. The summed E-state index contributed by atoms with van der Waals surface area (Å²) in [6.45, 7) is 0.897. The molecule has 4 nitrogen and oxygen atoms in total. The Bertz CT molecular complexity index is 829. The molecule has 0 saturated carbocycles. The first kappa shape index (κ1) is 16.9. The molecule has 2 heterocycles. The number of benzene rings is 2. The molecule has 0 radical (unpaired) electrons. The van der Waals surface area contributed by atoms with Gasteiger partial charge in [-0.25, -0.2) is 0 Å². The van der Waals surface area contributed by atoms with Crippen LogP contribution in [0.2, 0.25) is 5.02 Å². The number of rotatable bonds is 3. The molecule has 4 rings (SSSR count). The highest BCUT2D eigenvalue weighted by atomic mass is 79.9. The maximum Gasteiger partial charge on any atom is 0.246 e. The summed E-state index contributed by atoms with van der Waals surface area (Å²) in [5.74, 6) is 0.910. The first-order chi connectivity index (χ1) is 12.1. The predicted octanol–water partition coefficient (Wildman–Crippen LogP) is 4.62. The van der Waals surface area contributed by atoms with Gasteiger partial charge >= 0.3 is 0 Å². The van der Waals surface area contributed by atoms with E-state index in [0.717, 1.165) is 40.9 Å². The largest absolute Gasteiger partial charge is 0.496 e. The van der Waals surface area contributed by atoms with Gasteiger partial charge in [0.05, 0.1) is 13.2 Å². The molecule has 2 fully saturated rings. The number of carbonyl (C=O) groups is 1. The summed E-state index contributed by atoms with van der Waals surface area (Å²) in [6, 6.07) is 13.3. The minimum Gasteiger partial charge on any atom is -0.496 e. The molecule has 25 heavy (non-hydrogen) atoms. The standard InChI is InChI=1S/C19H18BrClN2O2/c1-25-17-8-7-12(20)10-15(17)18-22-9-3-6-16(22)19(24)23(18)14-5-2-4-13(21)11-14/h2,4-5,7-8,10-11,16,18H,3,6,9H2,1H3. The Morgan fingerprint density at radius 2 is 2.08 bits per heavy atom. The van der Waals surface area contributed by atoms with Crippen molar-refractivity contribution in [2.75, 3.05) is 18.6 Å². The van der Waals surface area contributed by atoms with E-state index in [1.54, 1.807) is 7.11 Å². The molecule has 0 N–H and O–H groups in total. The number of ether oxygens (including phenoxy) is 1. The zero-order valence-electron chi connectivity index (χ0n) is 13.8. The summed E-state index contributed by atoms with van der Waals surface area (Å²) in [5, 5.41) is 0.623. The molecule has 2 aromatic rings. The third kappa shape index (κ3) is 2.84. The Kier molecular flexibility index (Phi) is 4.48. The molecule has 2 unspecified atom stereocenters. The molecule has 2 aromatic carbocycles. The van der Waals surface area contributed by atoms with E-state index in [1.807, 2.05) is 47.4 Å². The number of fused-ring (bicyclic) bond motifs is 1. The van der Waals surface area contributed by atoms with Crippen molar-refractivity contribution in [2.24, 2.45) is 0 Å². The molecule has 0 aliphatic carbocycles. The van der Waals surface area contributed by atoms with Crippen LogP contribution >= 0.6 is 27.5 Å². The second-order valence-corrected chi connectivity index (χ2v) is 7.70. The summed E-state index contributed by atoms with van der Waals surface area (Å²) in [5.41, 5.74) is 1.80. The highest BCUT2D eigenvalue weighted by molar-refractivity contribution is 9.10. The highest BCUT2D eigenvalue weighted by Crippen LogP contribution is 2.45. The van der Waals surface area contributed by atoms with Crippen LogP contribution in [0.5, 0.6) is 5.75 Å². The van der Waals surface area contributed by atoms with E-state index < -0.39 is 0 Å². The van der Waals surface area contributed by atoms with E-state index in [1.165, 1.54) is 0 Å². The Morgan fingerprint density at radius 1 is 1.24 bits per heavy atom. The number of methoxy groups -OCH3 is 1. The predicted molar refractivity (Wildman–Crippen MR) is 102 cm³/mol. The smallest absolute Gasteiger partial charge is 0.246 e. The first-order valence-corrected chi connectivity index (χ1v) is 9.45. The van der Waals surface area contributed by atoms with Gasteiger partial charge in [-0.2, -0.15) is 0 Å². The summed E-state index contributed by atoms with van der Waals surface area (Å²) in [4.78, 5) is 17.3. The number of hydrogen-bond acceptors (Lipinski definition) is 3. The molecule has 2 aliphatic heterocycles. The lowest BCUT2D eigenvalue weighted by Gasteiger charge is -2.31. The highest BCUT2D eigenvalue weighted by Gasteiger charge is 2.50. The lowest BCUT2D eigenvalue weighted by Crippen LogP contribution is -2.32. The topological polar surface area (TPSA) is 32.8 Å². The number of anilines is 1. The van der Waals surface area contributed by atoms with Crippen LogP contribution in [-0.2, 0) is 4.79 Å². The van der Waals surface area contributed by atoms with Crippen LogP contribution in [0.1, 0.15) is 24.6 Å². The Balaban J connectivity index is 1.87. The Hall–Kier alpha value is -1.56. The average Bonchev–Trinajstić information content (AvgIpc) is 3.17. The van der Waals surface area contributed by atoms with Gasteiger partial charge in [0.1, 0.15) is 11.9 Å². The molecule has 130 valence electrons. The number of nitrogens with zero attached hydrogens (tertiary/aromatic N) is 2. The van der Waals surface area contributed by atoms with Gasteiger partial charge < -0.3 is 4.74 Å². The van der Waals surface area contributed by atoms with E-state index in [2.05, 4.69) is 20.8 Å². The van der Waals surface area contributed by atoms with E-state index >= 15 is 0 Å². The van der Waals surface area contributed by atoms with Crippen molar-refractivity contribution in [3.05, 3.63) is 57.5 Å². The van der Waals surface area contributed by atoms with E-state index in [4.69, 9.17) is 16.3 Å². The van der Waals surface area contributed by atoms with Gasteiger partial charge in [-0.3, -0.25) is 14.6 Å². The second kappa shape index (κ2) is 6.63. The quantitative estimate of drug-likeness (QED) is 0.725. The maximum absolute atomic E-state index is 13.2. The molecule has 1 amide bonds. The van der Waals surface area contributed by atoms with Gasteiger partial charge in [-0.05, 0) is 49.2 Å². The molecule has 2 aliphatic rings. The van der Waals surface area contributed by atoms with Crippen LogP contribution in [0.15, 0.2) is 46.9 Å². The normalized spacial score (nSPS) is 23.2. The minimum atomic E-state index is -0.189. The molecule has 6 heteroatoms. The lowest BCUT2D eigenvalue weighted by molar-refractivity contribution is -0.119. The number of amides is 1. The lowest BCUT2D eigenvalue weighted by atomic mass is 10.1. The van der Waals surface area contributed by atoms with Crippen LogP contribution < -0.4 is 9.64 Å². The molecule has 0 aromatic heterocycles. The summed E-state index contributed by atoms with van der Waals surface area (Å²) < 4.78 is 6.56. The van der Waals surface area contributed by atoms with Crippen molar-refractivity contribution in [1.82, 2.24) is 4.90 Å². The van der Waals surface area contributed by atoms with Gasteiger partial charge in [0.25, 0.3) is 0 Å². The Labute approximate surface area is 160 Å². The number of hydrogen-bond donors (Lipinski definition) is 0. The summed E-state index contributed by atoms with van der Waals surface area (Å²) in [6.07, 6.45) is 1.74. The molecule has 0 spiro atoms. The van der Waals surface area contributed by atoms with Crippen molar-refractivity contribution >= 4 is 39.1 Å². The van der Waals surface area contributed by atoms with Crippen molar-refractivity contribution in [1.29, 1.82) is 0 Å². The fourth-order valence-electron chi connectivity index (χ4n) is 3.90. The number of carbonyl (C=O) groups excluding carboxylic acids is 1. The summed E-state index contributed by atoms with van der Waals surface area (Å²) >= 11 is 9.73. The monoisotopic (exact) mass is 420 g/mol. The second-order valence-electron chi connectivity index (χ2n) is 6.34. The molecule has 2 atom stereocenters. The third-order valence-corrected chi connectivity index (χ3v) is 5.66.